The van der Waals surface area contributed by atoms with Crippen molar-refractivity contribution in [3.8, 4) is 5.75 Å². The molecule has 2 atom stereocenters. The van der Waals surface area contributed by atoms with Crippen LogP contribution >= 0.6 is 11.6 Å². The van der Waals surface area contributed by atoms with Crippen LogP contribution in [0.5, 0.6) is 5.75 Å². The Morgan fingerprint density at radius 2 is 1.72 bits per heavy atom. The molecule has 2 N–H and O–H groups in total. The van der Waals surface area contributed by atoms with E-state index < -0.39 is 47.9 Å². The van der Waals surface area contributed by atoms with Crippen LogP contribution in [0.1, 0.15) is 60.5 Å². The van der Waals surface area contributed by atoms with E-state index in [2.05, 4.69) is 10.6 Å². The van der Waals surface area contributed by atoms with Crippen LogP contribution in [0, 0.1) is 6.92 Å². The number of halogens is 1. The molecule has 1 aromatic carbocycles. The maximum absolute atomic E-state index is 13.2. The molecule has 0 unspecified atom stereocenters. The molecule has 2 rings (SSSR count). The highest BCUT2D eigenvalue weighted by Crippen LogP contribution is 2.38. The SMILES string of the molecule is COC[C@@H](NC(=O)OC(C)(C)C)C(=O)N[C@H](CCOc1ccc(Cl)cc1C)B1OC(C)(C)C(C)(C)O1. The van der Waals surface area contributed by atoms with Gasteiger partial charge in [0.2, 0.25) is 5.91 Å². The minimum atomic E-state index is -0.978. The van der Waals surface area contributed by atoms with Crippen molar-refractivity contribution >= 4 is 30.7 Å². The summed E-state index contributed by atoms with van der Waals surface area (Å²) in [4.78, 5) is 25.5. The lowest BCUT2D eigenvalue weighted by atomic mass is 9.76. The zero-order chi connectivity index (χ0) is 27.3. The summed E-state index contributed by atoms with van der Waals surface area (Å²) in [5.41, 5.74) is -0.981. The van der Waals surface area contributed by atoms with Crippen LogP contribution in [-0.2, 0) is 23.6 Å². The van der Waals surface area contributed by atoms with Crippen molar-refractivity contribution < 1.29 is 33.1 Å². The Morgan fingerprint density at radius 3 is 2.25 bits per heavy atom. The monoisotopic (exact) mass is 526 g/mol. The van der Waals surface area contributed by atoms with Gasteiger partial charge in [-0.2, -0.15) is 0 Å². The Hall–Kier alpha value is -2.01. The van der Waals surface area contributed by atoms with E-state index in [9.17, 15) is 9.59 Å². The van der Waals surface area contributed by atoms with E-state index in [0.717, 1.165) is 5.56 Å². The summed E-state index contributed by atoms with van der Waals surface area (Å²) >= 11 is 6.04. The molecule has 0 spiro atoms. The first-order valence-corrected chi connectivity index (χ1v) is 12.5. The molecule has 1 aliphatic rings. The molecule has 1 aliphatic heterocycles. The molecule has 0 radical (unpaired) electrons. The van der Waals surface area contributed by atoms with Crippen LogP contribution in [0.2, 0.25) is 5.02 Å². The van der Waals surface area contributed by atoms with Gasteiger partial charge in [0.15, 0.2) is 0 Å². The molecular formula is C25H40BClN2O7. The van der Waals surface area contributed by atoms with E-state index in [1.807, 2.05) is 40.7 Å². The summed E-state index contributed by atoms with van der Waals surface area (Å²) in [6, 6.07) is 4.41. The number of amides is 2. The third-order valence-corrected chi connectivity index (χ3v) is 6.33. The third-order valence-electron chi connectivity index (χ3n) is 6.09. The molecule has 2 amide bonds. The van der Waals surface area contributed by atoms with E-state index in [4.69, 9.17) is 35.1 Å². The van der Waals surface area contributed by atoms with Crippen LogP contribution < -0.4 is 15.4 Å². The quantitative estimate of drug-likeness (QED) is 0.443. The zero-order valence-corrected chi connectivity index (χ0v) is 23.6. The molecule has 0 aliphatic carbocycles. The van der Waals surface area contributed by atoms with Crippen molar-refractivity contribution in [2.24, 2.45) is 0 Å². The fourth-order valence-corrected chi connectivity index (χ4v) is 3.71. The fourth-order valence-electron chi connectivity index (χ4n) is 3.48. The Morgan fingerprint density at radius 1 is 1.11 bits per heavy atom. The highest BCUT2D eigenvalue weighted by atomic mass is 35.5. The number of carbonyl (C=O) groups excluding carboxylic acids is 2. The number of methoxy groups -OCH3 is 1. The Bertz CT molecular complexity index is 904. The van der Waals surface area contributed by atoms with Crippen LogP contribution in [0.15, 0.2) is 18.2 Å². The molecule has 0 bridgehead atoms. The van der Waals surface area contributed by atoms with Gasteiger partial charge in [0.25, 0.3) is 0 Å². The van der Waals surface area contributed by atoms with Gasteiger partial charge in [-0.3, -0.25) is 4.79 Å². The van der Waals surface area contributed by atoms with E-state index in [1.54, 1.807) is 32.9 Å². The number of rotatable bonds is 10. The number of hydrogen-bond acceptors (Lipinski definition) is 7. The van der Waals surface area contributed by atoms with Crippen LogP contribution in [0.4, 0.5) is 4.79 Å². The number of hydrogen-bond donors (Lipinski definition) is 2. The van der Waals surface area contributed by atoms with Gasteiger partial charge in [0, 0.05) is 18.6 Å². The molecule has 1 fully saturated rings. The van der Waals surface area contributed by atoms with Crippen molar-refractivity contribution in [2.75, 3.05) is 20.3 Å². The van der Waals surface area contributed by atoms with Gasteiger partial charge in [-0.05, 0) is 79.2 Å². The number of carbonyl (C=O) groups is 2. The smallest absolute Gasteiger partial charge is 0.481 e. The second kappa shape index (κ2) is 12.0. The number of benzene rings is 1. The zero-order valence-electron chi connectivity index (χ0n) is 22.8. The maximum Gasteiger partial charge on any atom is 0.481 e. The van der Waals surface area contributed by atoms with Crippen molar-refractivity contribution in [3.63, 3.8) is 0 Å². The normalized spacial score (nSPS) is 18.3. The highest BCUT2D eigenvalue weighted by molar-refractivity contribution is 6.48. The summed E-state index contributed by atoms with van der Waals surface area (Å²) in [5, 5.41) is 6.16. The predicted octanol–water partition coefficient (Wildman–Crippen LogP) is 4.07. The maximum atomic E-state index is 13.2. The topological polar surface area (TPSA) is 104 Å². The molecule has 36 heavy (non-hydrogen) atoms. The lowest BCUT2D eigenvalue weighted by Gasteiger charge is -2.32. The fraction of sp³-hybridized carbons (Fsp3) is 0.680. The van der Waals surface area contributed by atoms with E-state index in [-0.39, 0.29) is 13.2 Å². The Labute approximate surface area is 220 Å². The van der Waals surface area contributed by atoms with Gasteiger partial charge in [-0.25, -0.2) is 4.79 Å². The van der Waals surface area contributed by atoms with E-state index in [0.29, 0.717) is 17.2 Å². The van der Waals surface area contributed by atoms with E-state index >= 15 is 0 Å². The van der Waals surface area contributed by atoms with Gasteiger partial charge >= 0.3 is 13.2 Å². The minimum absolute atomic E-state index is 0.0400. The lowest BCUT2D eigenvalue weighted by molar-refractivity contribution is -0.125. The van der Waals surface area contributed by atoms with Gasteiger partial charge in [0.05, 0.1) is 30.4 Å². The van der Waals surface area contributed by atoms with Gasteiger partial charge in [0.1, 0.15) is 17.4 Å². The molecule has 9 nitrogen and oxygen atoms in total. The van der Waals surface area contributed by atoms with E-state index in [1.165, 1.54) is 7.11 Å². The van der Waals surface area contributed by atoms with Gasteiger partial charge in [-0.15, -0.1) is 0 Å². The highest BCUT2D eigenvalue weighted by Gasteiger charge is 2.54. The molecular weight excluding hydrogens is 487 g/mol. The number of nitrogens with one attached hydrogen (secondary N) is 2. The second-order valence-electron chi connectivity index (χ2n) is 10.9. The van der Waals surface area contributed by atoms with Crippen LogP contribution in [0.3, 0.4) is 0 Å². The van der Waals surface area contributed by atoms with Crippen LogP contribution in [0.25, 0.3) is 0 Å². The molecule has 0 saturated carbocycles. The molecule has 1 saturated heterocycles. The van der Waals surface area contributed by atoms with Crippen molar-refractivity contribution in [1.82, 2.24) is 10.6 Å². The van der Waals surface area contributed by atoms with Crippen molar-refractivity contribution in [1.29, 1.82) is 0 Å². The first-order valence-electron chi connectivity index (χ1n) is 12.1. The van der Waals surface area contributed by atoms with Crippen molar-refractivity contribution in [2.45, 2.75) is 90.6 Å². The van der Waals surface area contributed by atoms with Gasteiger partial charge < -0.3 is 34.2 Å². The standard InChI is InChI=1S/C25H40BClN2O7/c1-16-14-17(27)10-11-19(16)33-13-12-20(26-35-24(5,6)25(7,8)36-26)29-21(30)18(15-32-9)28-22(31)34-23(2,3)4/h10-11,14,18,20H,12-13,15H2,1-9H3,(H,28,31)(H,29,30)/t18-,20-/m1/s1. The molecule has 0 aromatic heterocycles. The molecule has 1 heterocycles. The summed E-state index contributed by atoms with van der Waals surface area (Å²) in [7, 11) is 0.726. The predicted molar refractivity (Wildman–Crippen MR) is 139 cm³/mol. The first kappa shape index (κ1) is 30.2. The average Bonchev–Trinajstić information content (AvgIpc) is 2.94. The number of ether oxygens (including phenoxy) is 3. The third kappa shape index (κ3) is 8.54. The van der Waals surface area contributed by atoms with Crippen molar-refractivity contribution in [3.05, 3.63) is 28.8 Å². The average molecular weight is 527 g/mol. The summed E-state index contributed by atoms with van der Waals surface area (Å²) < 4.78 is 28.8. The lowest BCUT2D eigenvalue weighted by Crippen LogP contribution is -2.56. The number of aryl methyl sites for hydroxylation is 1. The minimum Gasteiger partial charge on any atom is -0.493 e. The second-order valence-corrected chi connectivity index (χ2v) is 11.4. The summed E-state index contributed by atoms with van der Waals surface area (Å²) in [6.45, 7) is 15.2. The number of alkyl carbamates (subject to hydrolysis) is 1. The molecule has 1 aromatic rings. The Balaban J connectivity index is 2.15. The largest absolute Gasteiger partial charge is 0.493 e. The molecule has 11 heteroatoms. The molecule has 202 valence electrons. The first-order chi connectivity index (χ1) is 16.5. The Kier molecular flexibility index (Phi) is 10.1. The summed E-state index contributed by atoms with van der Waals surface area (Å²) in [6.07, 6.45) is -0.329. The summed E-state index contributed by atoms with van der Waals surface area (Å²) in [5.74, 6) is -0.321. The van der Waals surface area contributed by atoms with Gasteiger partial charge in [-0.1, -0.05) is 11.6 Å². The van der Waals surface area contributed by atoms with Crippen LogP contribution in [-0.4, -0.2) is 68.2 Å².